The van der Waals surface area contributed by atoms with Crippen LogP contribution in [0.5, 0.6) is 0 Å². The predicted octanol–water partition coefficient (Wildman–Crippen LogP) is 4.14. The third-order valence-corrected chi connectivity index (χ3v) is 5.12. The fourth-order valence-corrected chi connectivity index (χ4v) is 4.18. The van der Waals surface area contributed by atoms with Crippen LogP contribution in [-0.2, 0) is 0 Å². The van der Waals surface area contributed by atoms with E-state index in [0.29, 0.717) is 17.3 Å². The number of aromatic nitrogens is 5. The van der Waals surface area contributed by atoms with Crippen LogP contribution in [0.2, 0.25) is 0 Å². The van der Waals surface area contributed by atoms with Gasteiger partial charge in [-0.15, -0.1) is 11.3 Å². The van der Waals surface area contributed by atoms with Crippen LogP contribution in [0.4, 0.5) is 11.7 Å². The highest BCUT2D eigenvalue weighted by Crippen LogP contribution is 2.38. The van der Waals surface area contributed by atoms with Gasteiger partial charge in [0.1, 0.15) is 11.2 Å². The van der Waals surface area contributed by atoms with Crippen molar-refractivity contribution in [1.29, 1.82) is 0 Å². The van der Waals surface area contributed by atoms with Crippen LogP contribution in [-0.4, -0.2) is 25.1 Å². The number of thiophene rings is 1. The maximum absolute atomic E-state index is 5.39. The van der Waals surface area contributed by atoms with E-state index in [9.17, 15) is 0 Å². The molecule has 1 N–H and O–H groups in total. The minimum atomic E-state index is 0.515. The highest BCUT2D eigenvalue weighted by Gasteiger charge is 2.17. The number of nitrogens with zero attached hydrogens (tertiary/aromatic N) is 5. The van der Waals surface area contributed by atoms with E-state index < -0.39 is 0 Å². The van der Waals surface area contributed by atoms with Crippen LogP contribution in [0.3, 0.4) is 0 Å². The van der Waals surface area contributed by atoms with Crippen molar-refractivity contribution in [3.63, 3.8) is 0 Å². The average molecular weight is 348 g/mol. The molecule has 0 spiro atoms. The van der Waals surface area contributed by atoms with Crippen molar-refractivity contribution in [1.82, 2.24) is 25.1 Å². The summed E-state index contributed by atoms with van der Waals surface area (Å²) in [6.07, 6.45) is 3.23. The average Bonchev–Trinajstić information content (AvgIpc) is 3.17. The summed E-state index contributed by atoms with van der Waals surface area (Å²) >= 11 is 1.57. The number of aryl methyl sites for hydroxylation is 2. The van der Waals surface area contributed by atoms with E-state index >= 15 is 0 Å². The van der Waals surface area contributed by atoms with Crippen molar-refractivity contribution >= 4 is 54.5 Å². The normalized spacial score (nSPS) is 11.6. The van der Waals surface area contributed by atoms with Crippen LogP contribution in [0, 0.1) is 13.8 Å². The second kappa shape index (κ2) is 5.18. The molecule has 8 heteroatoms. The molecule has 0 amide bonds. The van der Waals surface area contributed by atoms with Crippen LogP contribution in [0.15, 0.2) is 35.2 Å². The third kappa shape index (κ3) is 2.14. The quantitative estimate of drug-likeness (QED) is 0.513. The topological polar surface area (TPSA) is 89.6 Å². The summed E-state index contributed by atoms with van der Waals surface area (Å²) in [6.45, 7) is 4.07. The van der Waals surface area contributed by atoms with Gasteiger partial charge in [-0.2, -0.15) is 0 Å². The summed E-state index contributed by atoms with van der Waals surface area (Å²) in [4.78, 5) is 18.6. The number of anilines is 2. The highest BCUT2D eigenvalue weighted by molar-refractivity contribution is 7.26. The van der Waals surface area contributed by atoms with E-state index in [-0.39, 0.29) is 0 Å². The lowest BCUT2D eigenvalue weighted by Crippen LogP contribution is -1.93. The summed E-state index contributed by atoms with van der Waals surface area (Å²) in [5.74, 6) is 1.19. The maximum atomic E-state index is 5.39. The second-order valence-electron chi connectivity index (χ2n) is 5.77. The first kappa shape index (κ1) is 14.2. The summed E-state index contributed by atoms with van der Waals surface area (Å²) in [7, 11) is 0. The molecular formula is C17H12N6OS. The number of fused-ring (bicyclic) bond motifs is 4. The number of hydrogen-bond donors (Lipinski definition) is 1. The van der Waals surface area contributed by atoms with Gasteiger partial charge < -0.3 is 9.84 Å². The molecule has 122 valence electrons. The minimum absolute atomic E-state index is 0.515. The van der Waals surface area contributed by atoms with Gasteiger partial charge in [0.05, 0.1) is 15.6 Å². The zero-order chi connectivity index (χ0) is 17.0. The number of hydrogen-bond acceptors (Lipinski definition) is 8. The van der Waals surface area contributed by atoms with Crippen molar-refractivity contribution in [2.24, 2.45) is 0 Å². The fraction of sp³-hybridized carbons (Fsp3) is 0.118. The molecule has 0 bridgehead atoms. The Morgan fingerprint density at radius 3 is 3.00 bits per heavy atom. The minimum Gasteiger partial charge on any atom is -0.336 e. The zero-order valence-corrected chi connectivity index (χ0v) is 14.3. The smallest absolute Gasteiger partial charge is 0.239 e. The molecule has 5 aromatic heterocycles. The molecule has 7 nitrogen and oxygen atoms in total. The Morgan fingerprint density at radius 2 is 2.08 bits per heavy atom. The highest BCUT2D eigenvalue weighted by atomic mass is 32.1. The van der Waals surface area contributed by atoms with Crippen LogP contribution in [0.25, 0.3) is 31.5 Å². The first-order valence-corrected chi connectivity index (χ1v) is 8.51. The first-order chi connectivity index (χ1) is 12.2. The Bertz CT molecular complexity index is 1260. The van der Waals surface area contributed by atoms with E-state index in [1.807, 2.05) is 19.1 Å². The van der Waals surface area contributed by atoms with E-state index in [0.717, 1.165) is 37.1 Å². The molecule has 0 fully saturated rings. The van der Waals surface area contributed by atoms with Crippen LogP contribution >= 0.6 is 11.3 Å². The maximum Gasteiger partial charge on any atom is 0.239 e. The Hall–Kier alpha value is -3.13. The second-order valence-corrected chi connectivity index (χ2v) is 6.77. The van der Waals surface area contributed by atoms with Crippen molar-refractivity contribution < 1.29 is 4.52 Å². The largest absolute Gasteiger partial charge is 0.336 e. The van der Waals surface area contributed by atoms with E-state index in [2.05, 4.69) is 43.4 Å². The lowest BCUT2D eigenvalue weighted by Gasteiger charge is -2.02. The molecule has 0 aliphatic heterocycles. The van der Waals surface area contributed by atoms with E-state index in [1.165, 1.54) is 0 Å². The Kier molecular flexibility index (Phi) is 2.95. The molecule has 0 aliphatic carbocycles. The van der Waals surface area contributed by atoms with Crippen molar-refractivity contribution in [2.45, 2.75) is 13.8 Å². The zero-order valence-electron chi connectivity index (χ0n) is 13.4. The van der Waals surface area contributed by atoms with Gasteiger partial charge in [-0.1, -0.05) is 5.16 Å². The van der Waals surface area contributed by atoms with Gasteiger partial charge in [0.15, 0.2) is 5.82 Å². The monoisotopic (exact) mass is 348 g/mol. The van der Waals surface area contributed by atoms with Gasteiger partial charge in [-0.3, -0.25) is 0 Å². The number of nitrogens with one attached hydrogen (secondary N) is 1. The SMILES string of the molecule is Cc1cc(C)c2c(n1)sc1c(Nc3onc4ncccc34)ncnc12. The first-order valence-electron chi connectivity index (χ1n) is 7.69. The Balaban J connectivity index is 1.72. The predicted molar refractivity (Wildman–Crippen MR) is 97.3 cm³/mol. The molecule has 0 atom stereocenters. The summed E-state index contributed by atoms with van der Waals surface area (Å²) < 4.78 is 6.33. The molecular weight excluding hydrogens is 336 g/mol. The number of rotatable bonds is 2. The van der Waals surface area contributed by atoms with Crippen LogP contribution in [0.1, 0.15) is 11.3 Å². The molecule has 0 aromatic carbocycles. The molecule has 5 aromatic rings. The molecule has 5 rings (SSSR count). The van der Waals surface area contributed by atoms with Gasteiger partial charge in [0, 0.05) is 17.3 Å². The Morgan fingerprint density at radius 1 is 1.16 bits per heavy atom. The van der Waals surface area contributed by atoms with E-state index in [1.54, 1.807) is 23.9 Å². The van der Waals surface area contributed by atoms with E-state index in [4.69, 9.17) is 4.52 Å². The van der Waals surface area contributed by atoms with Crippen molar-refractivity contribution in [3.05, 3.63) is 42.0 Å². The Labute approximate surface area is 145 Å². The molecule has 5 heterocycles. The lowest BCUT2D eigenvalue weighted by atomic mass is 10.1. The molecule has 25 heavy (non-hydrogen) atoms. The van der Waals surface area contributed by atoms with Crippen molar-refractivity contribution in [3.8, 4) is 0 Å². The number of pyridine rings is 2. The molecule has 0 saturated heterocycles. The lowest BCUT2D eigenvalue weighted by molar-refractivity contribution is 0.442. The van der Waals surface area contributed by atoms with Gasteiger partial charge in [-0.25, -0.2) is 19.9 Å². The van der Waals surface area contributed by atoms with Gasteiger partial charge >= 0.3 is 0 Å². The molecule has 0 unspecified atom stereocenters. The summed E-state index contributed by atoms with van der Waals surface area (Å²) in [5, 5.41) is 9.07. The van der Waals surface area contributed by atoms with Crippen molar-refractivity contribution in [2.75, 3.05) is 5.32 Å². The standard InChI is InChI=1S/C17H12N6OS/c1-8-6-9(2)21-17-11(8)12-13(25-17)15(20-7-19-12)22-16-10-4-3-5-18-14(10)23-24-16/h3-7H,1-2H3,(H,19,20,22). The van der Waals surface area contributed by atoms with Crippen LogP contribution < -0.4 is 5.32 Å². The molecule has 0 saturated carbocycles. The summed E-state index contributed by atoms with van der Waals surface area (Å²) in [5.41, 5.74) is 3.60. The van der Waals surface area contributed by atoms with Gasteiger partial charge in [-0.05, 0) is 37.6 Å². The van der Waals surface area contributed by atoms with Gasteiger partial charge in [0.25, 0.3) is 0 Å². The summed E-state index contributed by atoms with van der Waals surface area (Å²) in [6, 6.07) is 5.81. The molecule has 0 radical (unpaired) electrons. The fourth-order valence-electron chi connectivity index (χ4n) is 2.98. The van der Waals surface area contributed by atoms with Gasteiger partial charge in [0.2, 0.25) is 11.5 Å². The third-order valence-electron chi connectivity index (χ3n) is 4.04. The molecule has 0 aliphatic rings.